The Bertz CT molecular complexity index is 1010. The van der Waals surface area contributed by atoms with Crippen LogP contribution in [0, 0.1) is 0 Å². The van der Waals surface area contributed by atoms with Crippen molar-refractivity contribution < 1.29 is 4.79 Å². The minimum atomic E-state index is -0.168. The Labute approximate surface area is 138 Å². The molecular formula is C19H16N4O. The Morgan fingerprint density at radius 2 is 1.83 bits per heavy atom. The number of nitrogens with one attached hydrogen (secondary N) is 2. The summed E-state index contributed by atoms with van der Waals surface area (Å²) >= 11 is 0. The lowest BCUT2D eigenvalue weighted by Crippen LogP contribution is -2.36. The van der Waals surface area contributed by atoms with Crippen LogP contribution in [0.5, 0.6) is 0 Å². The summed E-state index contributed by atoms with van der Waals surface area (Å²) in [5.74, 6) is -0.168. The molecule has 0 saturated heterocycles. The molecule has 0 spiro atoms. The van der Waals surface area contributed by atoms with Gasteiger partial charge in [-0.25, -0.2) is 5.43 Å². The first-order valence-corrected chi connectivity index (χ1v) is 7.74. The third kappa shape index (κ3) is 2.73. The van der Waals surface area contributed by atoms with Crippen LogP contribution in [0.15, 0.2) is 73.1 Å². The first-order chi connectivity index (χ1) is 11.8. The lowest BCUT2D eigenvalue weighted by atomic mass is 10.2. The Kier molecular flexibility index (Phi) is 3.69. The monoisotopic (exact) mass is 316 g/mol. The van der Waals surface area contributed by atoms with Crippen LogP contribution in [-0.4, -0.2) is 15.3 Å². The summed E-state index contributed by atoms with van der Waals surface area (Å²) in [5, 5.41) is 0. The average molecular weight is 316 g/mol. The van der Waals surface area contributed by atoms with Crippen LogP contribution in [0.4, 0.5) is 0 Å². The van der Waals surface area contributed by atoms with Crippen LogP contribution in [0.1, 0.15) is 15.9 Å². The van der Waals surface area contributed by atoms with Gasteiger partial charge in [-0.05, 0) is 23.8 Å². The minimum absolute atomic E-state index is 0.168. The fraction of sp³-hybridized carbons (Fsp3) is 0.0526. The van der Waals surface area contributed by atoms with Crippen LogP contribution in [0.3, 0.4) is 0 Å². The van der Waals surface area contributed by atoms with E-state index >= 15 is 0 Å². The third-order valence-electron chi connectivity index (χ3n) is 3.93. The van der Waals surface area contributed by atoms with Gasteiger partial charge < -0.3 is 4.40 Å². The fourth-order valence-corrected chi connectivity index (χ4v) is 2.72. The highest BCUT2D eigenvalue weighted by atomic mass is 16.2. The topological polar surface area (TPSA) is 58.4 Å². The molecule has 118 valence electrons. The molecule has 0 aliphatic heterocycles. The number of carbonyl (C=O) groups is 1. The smallest absolute Gasteiger partial charge is 0.266 e. The number of hydrazine groups is 1. The zero-order chi connectivity index (χ0) is 16.4. The van der Waals surface area contributed by atoms with Crippen molar-refractivity contribution in [2.45, 2.75) is 6.54 Å². The zero-order valence-corrected chi connectivity index (χ0v) is 12.9. The molecule has 2 heterocycles. The van der Waals surface area contributed by atoms with Gasteiger partial charge in [0.1, 0.15) is 0 Å². The van der Waals surface area contributed by atoms with E-state index in [9.17, 15) is 4.79 Å². The van der Waals surface area contributed by atoms with E-state index in [1.54, 1.807) is 6.20 Å². The van der Waals surface area contributed by atoms with Crippen molar-refractivity contribution in [1.82, 2.24) is 20.2 Å². The number of nitrogens with zero attached hydrogens (tertiary/aromatic N) is 2. The maximum Gasteiger partial charge on any atom is 0.266 e. The van der Waals surface area contributed by atoms with Crippen LogP contribution < -0.4 is 10.9 Å². The molecule has 24 heavy (non-hydrogen) atoms. The van der Waals surface area contributed by atoms with Gasteiger partial charge >= 0.3 is 0 Å². The lowest BCUT2D eigenvalue weighted by Gasteiger charge is -2.05. The maximum absolute atomic E-state index is 12.3. The van der Waals surface area contributed by atoms with Crippen molar-refractivity contribution in [3.8, 4) is 0 Å². The van der Waals surface area contributed by atoms with Gasteiger partial charge in [0, 0.05) is 12.7 Å². The van der Waals surface area contributed by atoms with Gasteiger partial charge in [-0.2, -0.15) is 0 Å². The highest BCUT2D eigenvalue weighted by Crippen LogP contribution is 2.17. The quantitative estimate of drug-likeness (QED) is 0.569. The normalized spacial score (nSPS) is 11.0. The summed E-state index contributed by atoms with van der Waals surface area (Å²) in [4.78, 5) is 16.7. The Hall–Kier alpha value is -3.18. The van der Waals surface area contributed by atoms with E-state index in [0.717, 1.165) is 22.1 Å². The van der Waals surface area contributed by atoms with E-state index < -0.39 is 0 Å². The number of hydrogen-bond acceptors (Lipinski definition) is 3. The fourth-order valence-electron chi connectivity index (χ4n) is 2.72. The molecule has 0 bridgehead atoms. The van der Waals surface area contributed by atoms with Crippen molar-refractivity contribution in [1.29, 1.82) is 0 Å². The number of rotatable bonds is 4. The van der Waals surface area contributed by atoms with E-state index in [2.05, 4.69) is 15.8 Å². The zero-order valence-electron chi connectivity index (χ0n) is 12.9. The summed E-state index contributed by atoms with van der Waals surface area (Å²) in [6.45, 7) is 0.574. The van der Waals surface area contributed by atoms with Gasteiger partial charge in [0.2, 0.25) is 0 Å². The predicted molar refractivity (Wildman–Crippen MR) is 93.4 cm³/mol. The van der Waals surface area contributed by atoms with Crippen molar-refractivity contribution in [2.75, 3.05) is 0 Å². The van der Waals surface area contributed by atoms with E-state index in [1.165, 1.54) is 0 Å². The molecule has 0 aliphatic rings. The van der Waals surface area contributed by atoms with Gasteiger partial charge in [0.05, 0.1) is 28.3 Å². The Morgan fingerprint density at radius 3 is 2.71 bits per heavy atom. The number of para-hydroxylation sites is 2. The number of aromatic nitrogens is 2. The van der Waals surface area contributed by atoms with E-state index in [4.69, 9.17) is 0 Å². The molecule has 5 nitrogen and oxygen atoms in total. The molecule has 1 amide bonds. The number of fused-ring (bicyclic) bond motifs is 3. The van der Waals surface area contributed by atoms with Crippen LogP contribution in [0.2, 0.25) is 0 Å². The molecule has 2 N–H and O–H groups in total. The summed E-state index contributed by atoms with van der Waals surface area (Å²) in [6.07, 6.45) is 3.61. The molecule has 4 aromatic rings. The van der Waals surface area contributed by atoms with E-state index in [0.29, 0.717) is 12.1 Å². The van der Waals surface area contributed by atoms with Crippen molar-refractivity contribution >= 4 is 22.5 Å². The number of amides is 1. The van der Waals surface area contributed by atoms with E-state index in [1.807, 2.05) is 71.3 Å². The van der Waals surface area contributed by atoms with Crippen LogP contribution >= 0.6 is 0 Å². The van der Waals surface area contributed by atoms with Gasteiger partial charge in [0.25, 0.3) is 5.91 Å². The highest BCUT2D eigenvalue weighted by molar-refractivity contribution is 5.96. The van der Waals surface area contributed by atoms with Gasteiger partial charge in [-0.3, -0.25) is 15.2 Å². The molecule has 0 aliphatic carbocycles. The van der Waals surface area contributed by atoms with Crippen LogP contribution in [-0.2, 0) is 6.54 Å². The number of hydrogen-bond donors (Lipinski definition) is 2. The largest absolute Gasteiger partial charge is 0.313 e. The molecule has 0 fully saturated rings. The number of carbonyl (C=O) groups excluding carboxylic acids is 1. The molecule has 2 aromatic heterocycles. The highest BCUT2D eigenvalue weighted by Gasteiger charge is 2.10. The molecule has 0 atom stereocenters. The predicted octanol–water partition coefficient (Wildman–Crippen LogP) is 2.92. The summed E-state index contributed by atoms with van der Waals surface area (Å²) in [6, 6.07) is 19.6. The first kappa shape index (κ1) is 14.4. The second kappa shape index (κ2) is 6.14. The van der Waals surface area contributed by atoms with Gasteiger partial charge in [0.15, 0.2) is 0 Å². The Balaban J connectivity index is 1.53. The average Bonchev–Trinajstić information content (AvgIpc) is 3.07. The minimum Gasteiger partial charge on any atom is -0.313 e. The second-order valence-electron chi connectivity index (χ2n) is 5.56. The summed E-state index contributed by atoms with van der Waals surface area (Å²) in [7, 11) is 0. The standard InChI is InChI=1S/C19H16N4O/c24-19(22-21-11-14-6-2-1-3-7-14)15-10-16-12-20-17-8-4-5-9-18(17)23(16)13-15/h1-10,12-13,21H,11H2,(H,22,24). The number of benzene rings is 2. The molecule has 0 radical (unpaired) electrons. The van der Waals surface area contributed by atoms with Crippen molar-refractivity contribution in [3.63, 3.8) is 0 Å². The van der Waals surface area contributed by atoms with Crippen LogP contribution in [0.25, 0.3) is 16.6 Å². The molecule has 0 saturated carbocycles. The maximum atomic E-state index is 12.3. The van der Waals surface area contributed by atoms with E-state index in [-0.39, 0.29) is 5.91 Å². The van der Waals surface area contributed by atoms with Crippen molar-refractivity contribution in [2.24, 2.45) is 0 Å². The SMILES string of the molecule is O=C(NNCc1ccccc1)c1cc2cnc3ccccc3n2c1. The molecule has 4 rings (SSSR count). The lowest BCUT2D eigenvalue weighted by molar-refractivity contribution is 0.0932. The van der Waals surface area contributed by atoms with Crippen molar-refractivity contribution in [3.05, 3.63) is 84.2 Å². The van der Waals surface area contributed by atoms with Gasteiger partial charge in [-0.15, -0.1) is 0 Å². The molecule has 5 heteroatoms. The molecule has 0 unspecified atom stereocenters. The Morgan fingerprint density at radius 1 is 1.04 bits per heavy atom. The molecular weight excluding hydrogens is 300 g/mol. The molecule has 2 aromatic carbocycles. The van der Waals surface area contributed by atoms with Gasteiger partial charge in [-0.1, -0.05) is 42.5 Å². The summed E-state index contributed by atoms with van der Waals surface area (Å²) in [5.41, 5.74) is 10.2. The summed E-state index contributed by atoms with van der Waals surface area (Å²) < 4.78 is 1.98. The first-order valence-electron chi connectivity index (χ1n) is 7.74. The third-order valence-corrected chi connectivity index (χ3v) is 3.93. The second-order valence-corrected chi connectivity index (χ2v) is 5.56.